The van der Waals surface area contributed by atoms with Gasteiger partial charge in [-0.2, -0.15) is 0 Å². The number of nitrogens with one attached hydrogen (secondary N) is 2. The largest absolute Gasteiger partial charge is 0.493 e. The number of carbonyl (C=O) groups is 2. The molecule has 332 valence electrons. The quantitative estimate of drug-likeness (QED) is 0.133. The van der Waals surface area contributed by atoms with Gasteiger partial charge in [0.05, 0.1) is 52.4 Å². The fourth-order valence-electron chi connectivity index (χ4n) is 10.4. The van der Waals surface area contributed by atoms with Crippen LogP contribution in [-0.4, -0.2) is 83.0 Å². The van der Waals surface area contributed by atoms with E-state index in [0.717, 1.165) is 39.0 Å². The molecule has 8 aromatic rings. The van der Waals surface area contributed by atoms with Gasteiger partial charge in [-0.3, -0.25) is 9.59 Å². The zero-order valence-corrected chi connectivity index (χ0v) is 36.8. The molecule has 10 heteroatoms. The van der Waals surface area contributed by atoms with Crippen LogP contribution in [0.4, 0.5) is 11.4 Å². The van der Waals surface area contributed by atoms with Crippen LogP contribution in [0.5, 0.6) is 0 Å². The number of hydrogen-bond acceptors (Lipinski definition) is 8. The van der Waals surface area contributed by atoms with Crippen LogP contribution in [0.3, 0.4) is 0 Å². The molecule has 11 rings (SSSR count). The highest BCUT2D eigenvalue weighted by molar-refractivity contribution is 6.34. The van der Waals surface area contributed by atoms with Crippen molar-refractivity contribution in [3.8, 4) is 11.1 Å². The Morgan fingerprint density at radius 3 is 1.95 bits per heavy atom. The van der Waals surface area contributed by atoms with Crippen molar-refractivity contribution in [2.24, 2.45) is 0 Å². The molecule has 1 fully saturated rings. The van der Waals surface area contributed by atoms with Crippen molar-refractivity contribution in [3.63, 3.8) is 0 Å². The molecule has 0 radical (unpaired) electrons. The Labute approximate surface area is 382 Å². The van der Waals surface area contributed by atoms with Crippen LogP contribution in [0, 0.1) is 0 Å². The van der Waals surface area contributed by atoms with Gasteiger partial charge in [0, 0.05) is 28.1 Å². The second kappa shape index (κ2) is 18.0. The first kappa shape index (κ1) is 42.0. The van der Waals surface area contributed by atoms with Gasteiger partial charge in [0.15, 0.2) is 12.2 Å². The van der Waals surface area contributed by atoms with Gasteiger partial charge in [-0.1, -0.05) is 122 Å². The van der Waals surface area contributed by atoms with Crippen molar-refractivity contribution in [3.05, 3.63) is 150 Å². The lowest BCUT2D eigenvalue weighted by Crippen LogP contribution is -2.41. The van der Waals surface area contributed by atoms with Crippen LogP contribution in [0.1, 0.15) is 36.0 Å². The summed E-state index contributed by atoms with van der Waals surface area (Å²) in [7, 11) is 0. The van der Waals surface area contributed by atoms with Gasteiger partial charge in [0.1, 0.15) is 12.4 Å². The Bertz CT molecular complexity index is 3160. The summed E-state index contributed by atoms with van der Waals surface area (Å²) in [6.07, 6.45) is 2.75. The minimum atomic E-state index is -1.12. The molecule has 66 heavy (non-hydrogen) atoms. The molecule has 0 bridgehead atoms. The van der Waals surface area contributed by atoms with E-state index in [2.05, 4.69) is 120 Å². The Morgan fingerprint density at radius 2 is 1.17 bits per heavy atom. The number of amides is 2. The van der Waals surface area contributed by atoms with Crippen molar-refractivity contribution < 1.29 is 38.0 Å². The SMILES string of the molecule is C=C1OCCOCCOC(C(=O)Nc2ccc3c4c(cccc24)C2CC=Cc4cccc-3c42)C(C)OCCOCCOC1C(=O)Nc1ccc2c3cccc4cccc(c5cccc1c52)c43. The molecule has 1 aliphatic heterocycles. The summed E-state index contributed by atoms with van der Waals surface area (Å²) in [5, 5.41) is 17.5. The molecule has 4 atom stereocenters. The lowest BCUT2D eigenvalue weighted by molar-refractivity contribution is -0.142. The van der Waals surface area contributed by atoms with E-state index in [9.17, 15) is 9.59 Å². The molecule has 1 saturated heterocycles. The highest BCUT2D eigenvalue weighted by Gasteiger charge is 2.32. The van der Waals surface area contributed by atoms with Gasteiger partial charge in [0.2, 0.25) is 0 Å². The van der Waals surface area contributed by atoms with E-state index in [0.29, 0.717) is 5.69 Å². The first-order valence-electron chi connectivity index (χ1n) is 22.8. The number of rotatable bonds is 4. The summed E-state index contributed by atoms with van der Waals surface area (Å²) < 4.78 is 36.2. The summed E-state index contributed by atoms with van der Waals surface area (Å²) in [5.41, 5.74) is 7.71. The highest BCUT2D eigenvalue weighted by atomic mass is 16.6. The van der Waals surface area contributed by atoms with E-state index >= 15 is 0 Å². The van der Waals surface area contributed by atoms with E-state index in [4.69, 9.17) is 28.4 Å². The predicted molar refractivity (Wildman–Crippen MR) is 261 cm³/mol. The Morgan fingerprint density at radius 1 is 0.561 bits per heavy atom. The smallest absolute Gasteiger partial charge is 0.261 e. The minimum Gasteiger partial charge on any atom is -0.493 e. The van der Waals surface area contributed by atoms with E-state index < -0.39 is 24.2 Å². The summed E-state index contributed by atoms with van der Waals surface area (Å²) in [6, 6.07) is 40.0. The van der Waals surface area contributed by atoms with Crippen LogP contribution in [0.25, 0.3) is 71.1 Å². The third kappa shape index (κ3) is 7.54. The van der Waals surface area contributed by atoms with Gasteiger partial charge in [-0.15, -0.1) is 0 Å². The molecule has 2 aliphatic carbocycles. The van der Waals surface area contributed by atoms with Crippen molar-refractivity contribution in [2.75, 3.05) is 63.5 Å². The zero-order chi connectivity index (χ0) is 44.7. The molecule has 8 aromatic carbocycles. The molecule has 2 amide bonds. The average molecular weight is 879 g/mol. The molecule has 4 unspecified atom stereocenters. The Kier molecular flexibility index (Phi) is 11.4. The molecule has 0 spiro atoms. The van der Waals surface area contributed by atoms with E-state index in [-0.39, 0.29) is 70.4 Å². The van der Waals surface area contributed by atoms with Crippen LogP contribution in [0.2, 0.25) is 0 Å². The fourth-order valence-corrected chi connectivity index (χ4v) is 10.4. The lowest BCUT2D eigenvalue weighted by atomic mass is 9.72. The maximum atomic E-state index is 14.1. The van der Waals surface area contributed by atoms with Crippen molar-refractivity contribution in [1.82, 2.24) is 0 Å². The second-order valence-corrected chi connectivity index (χ2v) is 17.2. The topological polar surface area (TPSA) is 114 Å². The Balaban J connectivity index is 0.754. The number of benzene rings is 8. The van der Waals surface area contributed by atoms with Crippen LogP contribution in [0.15, 0.2) is 134 Å². The number of allylic oxidation sites excluding steroid dienone is 1. The van der Waals surface area contributed by atoms with Crippen molar-refractivity contribution >= 4 is 83.1 Å². The number of anilines is 2. The van der Waals surface area contributed by atoms with Gasteiger partial charge >= 0.3 is 0 Å². The average Bonchev–Trinajstić information content (AvgIpc) is 3.34. The predicted octanol–water partition coefficient (Wildman–Crippen LogP) is 10.7. The normalized spacial score (nSPS) is 20.8. The van der Waals surface area contributed by atoms with Crippen LogP contribution >= 0.6 is 0 Å². The van der Waals surface area contributed by atoms with E-state index in [1.165, 1.54) is 54.7 Å². The molecular formula is C56H50N2O8. The maximum Gasteiger partial charge on any atom is 0.261 e. The molecule has 10 nitrogen and oxygen atoms in total. The molecule has 0 saturated carbocycles. The molecule has 2 N–H and O–H groups in total. The van der Waals surface area contributed by atoms with Gasteiger partial charge in [0.25, 0.3) is 11.8 Å². The van der Waals surface area contributed by atoms with Gasteiger partial charge in [-0.25, -0.2) is 0 Å². The maximum absolute atomic E-state index is 14.1. The van der Waals surface area contributed by atoms with Crippen molar-refractivity contribution in [2.45, 2.75) is 37.6 Å². The number of hydrogen-bond donors (Lipinski definition) is 2. The fraction of sp³-hybridized carbons (Fsp3) is 0.250. The molecule has 1 heterocycles. The monoisotopic (exact) mass is 878 g/mol. The van der Waals surface area contributed by atoms with E-state index in [1.54, 1.807) is 0 Å². The Hall–Kier alpha value is -6.66. The van der Waals surface area contributed by atoms with Gasteiger partial charge in [-0.05, 0) is 96.4 Å². The van der Waals surface area contributed by atoms with Gasteiger partial charge < -0.3 is 39.1 Å². The minimum absolute atomic E-state index is 0.0872. The van der Waals surface area contributed by atoms with Crippen LogP contribution < -0.4 is 10.6 Å². The summed E-state index contributed by atoms with van der Waals surface area (Å²) in [4.78, 5) is 28.2. The molecule has 3 aliphatic rings. The molecular weight excluding hydrogens is 829 g/mol. The highest BCUT2D eigenvalue weighted by Crippen LogP contribution is 2.51. The number of carbonyl (C=O) groups excluding carboxylic acids is 2. The first-order chi connectivity index (χ1) is 32.4. The van der Waals surface area contributed by atoms with E-state index in [1.807, 2.05) is 31.2 Å². The summed E-state index contributed by atoms with van der Waals surface area (Å²) in [6.45, 7) is 7.23. The standard InChI is InChI=1S/C56H50N2O8/c1-33-53(55(59)57-47-23-21-43-39-15-5-11-35-9-3-13-37(49(35)39)41-17-7-19-45(47)51(41)43)65-31-27-62-26-30-64-34(2)54(66-32-28-61-25-29-63-33)56(60)58-48-24-22-44-40-16-6-12-36-10-4-14-38(50(36)40)42-18-8-20-46(48)52(42)44/h3-13,15-24,34,38,53-54H,1,14,25-32H2,2H3,(H,57,59)(H,58,60). The molecule has 0 aromatic heterocycles. The third-order valence-corrected chi connectivity index (χ3v) is 13.3. The third-order valence-electron chi connectivity index (χ3n) is 13.3. The number of ether oxygens (including phenoxy) is 6. The van der Waals surface area contributed by atoms with Crippen LogP contribution in [-0.2, 0) is 38.0 Å². The summed E-state index contributed by atoms with van der Waals surface area (Å²) >= 11 is 0. The zero-order valence-electron chi connectivity index (χ0n) is 36.8. The first-order valence-corrected chi connectivity index (χ1v) is 22.8. The summed E-state index contributed by atoms with van der Waals surface area (Å²) in [5.74, 6) is -0.319. The number of fused-ring (bicyclic) bond motifs is 4. The second-order valence-electron chi connectivity index (χ2n) is 17.2. The lowest BCUT2D eigenvalue weighted by Gasteiger charge is -2.32. The van der Waals surface area contributed by atoms with Crippen molar-refractivity contribution in [1.29, 1.82) is 0 Å².